The first-order valence-corrected chi connectivity index (χ1v) is 9.62. The number of amides is 1. The average Bonchev–Trinajstić information content (AvgIpc) is 3.09. The summed E-state index contributed by atoms with van der Waals surface area (Å²) in [7, 11) is 1.87. The van der Waals surface area contributed by atoms with Gasteiger partial charge in [-0.15, -0.1) is 0 Å². The van der Waals surface area contributed by atoms with Crippen LogP contribution in [0.15, 0.2) is 72.8 Å². The minimum absolute atomic E-state index is 0.0588. The molecule has 144 valence electrons. The lowest BCUT2D eigenvalue weighted by Gasteiger charge is -2.14. The highest BCUT2D eigenvalue weighted by Crippen LogP contribution is 2.44. The second kappa shape index (κ2) is 8.53. The summed E-state index contributed by atoms with van der Waals surface area (Å²) < 4.78 is 5.50. The number of rotatable bonds is 4. The summed E-state index contributed by atoms with van der Waals surface area (Å²) >= 11 is 0. The second-order valence-corrected chi connectivity index (χ2v) is 6.81. The van der Waals surface area contributed by atoms with Crippen molar-refractivity contribution in [3.05, 3.63) is 89.5 Å². The Morgan fingerprint density at radius 2 is 1.66 bits per heavy atom. The number of carbonyl (C=O) groups is 1. The molecule has 0 unspecified atom stereocenters. The lowest BCUT2D eigenvalue weighted by Crippen LogP contribution is -2.26. The topological polar surface area (TPSA) is 50.4 Å². The lowest BCUT2D eigenvalue weighted by atomic mass is 9.98. The number of hydrogen-bond acceptors (Lipinski definition) is 3. The molecular formula is C25H22N2O2. The van der Waals surface area contributed by atoms with E-state index in [1.165, 1.54) is 22.3 Å². The van der Waals surface area contributed by atoms with E-state index in [1.807, 2.05) is 55.6 Å². The summed E-state index contributed by atoms with van der Waals surface area (Å²) in [5.74, 6) is 6.05. The van der Waals surface area contributed by atoms with Gasteiger partial charge in [0.1, 0.15) is 6.61 Å². The monoisotopic (exact) mass is 382 g/mol. The van der Waals surface area contributed by atoms with Crippen molar-refractivity contribution in [1.82, 2.24) is 5.32 Å². The van der Waals surface area contributed by atoms with Crippen LogP contribution in [-0.2, 0) is 4.74 Å². The van der Waals surface area contributed by atoms with Crippen LogP contribution in [0.2, 0.25) is 0 Å². The van der Waals surface area contributed by atoms with Crippen molar-refractivity contribution in [2.75, 3.05) is 25.5 Å². The summed E-state index contributed by atoms with van der Waals surface area (Å²) in [5.41, 5.74) is 6.72. The number of fused-ring (bicyclic) bond motifs is 3. The number of ether oxygens (including phenoxy) is 1. The van der Waals surface area contributed by atoms with Crippen LogP contribution in [0.3, 0.4) is 0 Å². The van der Waals surface area contributed by atoms with Gasteiger partial charge < -0.3 is 15.4 Å². The third-order valence-electron chi connectivity index (χ3n) is 5.05. The van der Waals surface area contributed by atoms with Gasteiger partial charge in [-0.05, 0) is 40.5 Å². The van der Waals surface area contributed by atoms with Crippen LogP contribution in [0.1, 0.15) is 22.6 Å². The van der Waals surface area contributed by atoms with E-state index >= 15 is 0 Å². The number of hydrogen-bond donors (Lipinski definition) is 2. The molecule has 4 heteroatoms. The van der Waals surface area contributed by atoms with Crippen LogP contribution in [0.25, 0.3) is 11.1 Å². The largest absolute Gasteiger partial charge is 0.449 e. The molecule has 3 aromatic rings. The summed E-state index contributed by atoms with van der Waals surface area (Å²) in [6.45, 7) is 0.540. The Kier molecular flexibility index (Phi) is 5.49. The number of anilines is 1. The van der Waals surface area contributed by atoms with Gasteiger partial charge in [-0.3, -0.25) is 0 Å². The summed E-state index contributed by atoms with van der Waals surface area (Å²) in [6.07, 6.45) is -0.454. The molecule has 29 heavy (non-hydrogen) atoms. The van der Waals surface area contributed by atoms with Crippen molar-refractivity contribution in [1.29, 1.82) is 0 Å². The molecule has 0 saturated heterocycles. The zero-order valence-corrected chi connectivity index (χ0v) is 16.2. The molecule has 0 radical (unpaired) electrons. The highest BCUT2D eigenvalue weighted by molar-refractivity contribution is 5.79. The van der Waals surface area contributed by atoms with Gasteiger partial charge in [-0.2, -0.15) is 0 Å². The maximum absolute atomic E-state index is 12.1. The fraction of sp³-hybridized carbons (Fsp3) is 0.160. The van der Waals surface area contributed by atoms with E-state index in [4.69, 9.17) is 4.74 Å². The molecular weight excluding hydrogens is 360 g/mol. The van der Waals surface area contributed by atoms with E-state index in [-0.39, 0.29) is 12.5 Å². The van der Waals surface area contributed by atoms with Crippen LogP contribution in [0.5, 0.6) is 0 Å². The van der Waals surface area contributed by atoms with E-state index < -0.39 is 6.09 Å². The Morgan fingerprint density at radius 1 is 0.966 bits per heavy atom. The van der Waals surface area contributed by atoms with E-state index in [0.717, 1.165) is 11.3 Å². The van der Waals surface area contributed by atoms with Gasteiger partial charge in [-0.1, -0.05) is 66.4 Å². The molecule has 0 fully saturated rings. The normalized spacial score (nSPS) is 11.6. The smallest absolute Gasteiger partial charge is 0.407 e. The van der Waals surface area contributed by atoms with Crippen LogP contribution in [0, 0.1) is 11.8 Å². The van der Waals surface area contributed by atoms with Crippen molar-refractivity contribution in [2.45, 2.75) is 5.92 Å². The third-order valence-corrected chi connectivity index (χ3v) is 5.05. The number of nitrogens with one attached hydrogen (secondary N) is 2. The van der Waals surface area contributed by atoms with Gasteiger partial charge >= 0.3 is 6.09 Å². The molecule has 1 aliphatic rings. The Labute approximate surface area is 170 Å². The zero-order valence-electron chi connectivity index (χ0n) is 16.2. The van der Waals surface area contributed by atoms with Crippen molar-refractivity contribution in [2.24, 2.45) is 0 Å². The number of carbonyl (C=O) groups excluding carboxylic acids is 1. The molecule has 2 N–H and O–H groups in total. The standard InChI is InChI=1S/C25H22N2O2/c1-26-19-10-6-8-18(16-19)9-7-15-27-25(28)29-17-24-22-13-4-2-11-20(22)21-12-3-5-14-23(21)24/h2-6,8,10-14,16,24,26H,15,17H2,1H3,(H,27,28). The van der Waals surface area contributed by atoms with Crippen LogP contribution in [-0.4, -0.2) is 26.3 Å². The maximum Gasteiger partial charge on any atom is 0.407 e. The molecule has 0 heterocycles. The first-order chi connectivity index (χ1) is 14.3. The van der Waals surface area contributed by atoms with Crippen molar-refractivity contribution in [3.63, 3.8) is 0 Å². The van der Waals surface area contributed by atoms with Gasteiger partial charge in [0.2, 0.25) is 0 Å². The van der Waals surface area contributed by atoms with Crippen LogP contribution in [0.4, 0.5) is 10.5 Å². The Morgan fingerprint density at radius 3 is 2.34 bits per heavy atom. The first-order valence-electron chi connectivity index (χ1n) is 9.62. The van der Waals surface area contributed by atoms with Gasteiger partial charge in [0.25, 0.3) is 0 Å². The van der Waals surface area contributed by atoms with E-state index in [0.29, 0.717) is 6.61 Å². The van der Waals surface area contributed by atoms with E-state index in [1.54, 1.807) is 0 Å². The molecule has 0 aliphatic heterocycles. The van der Waals surface area contributed by atoms with E-state index in [2.05, 4.69) is 46.7 Å². The molecule has 3 aromatic carbocycles. The van der Waals surface area contributed by atoms with Gasteiger partial charge in [0.15, 0.2) is 0 Å². The lowest BCUT2D eigenvalue weighted by molar-refractivity contribution is 0.144. The van der Waals surface area contributed by atoms with Crippen molar-refractivity contribution in [3.8, 4) is 23.0 Å². The summed E-state index contributed by atoms with van der Waals surface area (Å²) in [6, 6.07) is 24.4. The Balaban J connectivity index is 1.34. The van der Waals surface area contributed by atoms with Gasteiger partial charge in [0.05, 0.1) is 6.54 Å². The first kappa shape index (κ1) is 18.6. The number of alkyl carbamates (subject to hydrolysis) is 1. The fourth-order valence-corrected chi connectivity index (χ4v) is 3.66. The fourth-order valence-electron chi connectivity index (χ4n) is 3.66. The molecule has 0 saturated carbocycles. The highest BCUT2D eigenvalue weighted by Gasteiger charge is 2.28. The molecule has 0 bridgehead atoms. The Hall–Kier alpha value is -3.71. The Bertz CT molecular complexity index is 1050. The third kappa shape index (κ3) is 4.09. The molecule has 0 aromatic heterocycles. The van der Waals surface area contributed by atoms with Crippen molar-refractivity contribution >= 4 is 11.8 Å². The molecule has 4 nitrogen and oxygen atoms in total. The SMILES string of the molecule is CNc1cccc(C#CCNC(=O)OCC2c3ccccc3-c3ccccc32)c1. The maximum atomic E-state index is 12.1. The quantitative estimate of drug-likeness (QED) is 0.648. The molecule has 0 atom stereocenters. The zero-order chi connectivity index (χ0) is 20.1. The van der Waals surface area contributed by atoms with Crippen LogP contribution < -0.4 is 10.6 Å². The van der Waals surface area contributed by atoms with Gasteiger partial charge in [0, 0.05) is 24.2 Å². The summed E-state index contributed by atoms with van der Waals surface area (Å²) in [4.78, 5) is 12.1. The minimum atomic E-state index is -0.454. The number of benzene rings is 3. The van der Waals surface area contributed by atoms with Crippen molar-refractivity contribution < 1.29 is 9.53 Å². The molecule has 0 spiro atoms. The minimum Gasteiger partial charge on any atom is -0.449 e. The average molecular weight is 382 g/mol. The molecule has 1 amide bonds. The molecule has 4 rings (SSSR count). The van der Waals surface area contributed by atoms with Gasteiger partial charge in [-0.25, -0.2) is 4.79 Å². The summed E-state index contributed by atoms with van der Waals surface area (Å²) in [5, 5.41) is 5.78. The highest BCUT2D eigenvalue weighted by atomic mass is 16.5. The van der Waals surface area contributed by atoms with E-state index in [9.17, 15) is 4.79 Å². The predicted molar refractivity (Wildman–Crippen MR) is 116 cm³/mol. The van der Waals surface area contributed by atoms with Crippen LogP contribution >= 0.6 is 0 Å². The predicted octanol–water partition coefficient (Wildman–Crippen LogP) is 4.62. The molecule has 1 aliphatic carbocycles. The second-order valence-electron chi connectivity index (χ2n) is 6.81.